The van der Waals surface area contributed by atoms with Gasteiger partial charge in [0, 0.05) is 19.6 Å². The van der Waals surface area contributed by atoms with Crippen LogP contribution in [0.1, 0.15) is 45.3 Å². The fourth-order valence-electron chi connectivity index (χ4n) is 2.55. The Hall–Kier alpha value is -1.81. The minimum Gasteiger partial charge on any atom is -0.377 e. The van der Waals surface area contributed by atoms with Crippen LogP contribution in [0.5, 0.6) is 0 Å². The molecule has 132 valence electrons. The Labute approximate surface area is 144 Å². The van der Waals surface area contributed by atoms with Crippen LogP contribution in [-0.4, -0.2) is 45.2 Å². The lowest BCUT2D eigenvalue weighted by Crippen LogP contribution is -2.29. The first-order valence-corrected chi connectivity index (χ1v) is 8.33. The summed E-state index contributed by atoms with van der Waals surface area (Å²) in [7, 11) is 1.49. The largest absolute Gasteiger partial charge is 0.377 e. The number of alkyl halides is 2. The normalized spacial score (nSPS) is 21.5. The van der Waals surface area contributed by atoms with E-state index in [1.165, 1.54) is 11.6 Å². The Morgan fingerprint density at radius 1 is 1.58 bits per heavy atom. The predicted octanol–water partition coefficient (Wildman–Crippen LogP) is 2.57. The van der Waals surface area contributed by atoms with Crippen LogP contribution in [0.25, 0.3) is 4.96 Å². The van der Waals surface area contributed by atoms with Crippen molar-refractivity contribution in [2.45, 2.75) is 45.4 Å². The second kappa shape index (κ2) is 6.98. The maximum atomic E-state index is 13.4. The first-order valence-electron chi connectivity index (χ1n) is 8.52. The van der Waals surface area contributed by atoms with Crippen molar-refractivity contribution in [3.05, 3.63) is 16.4 Å². The third kappa shape index (κ3) is 3.20. The van der Waals surface area contributed by atoms with Crippen molar-refractivity contribution >= 4 is 22.3 Å². The van der Waals surface area contributed by atoms with Crippen LogP contribution in [0, 0.1) is 0 Å². The van der Waals surface area contributed by atoms with E-state index in [1.54, 1.807) is 0 Å². The second-order valence-electron chi connectivity index (χ2n) is 5.37. The van der Waals surface area contributed by atoms with Gasteiger partial charge in [-0.25, -0.2) is 23.1 Å². The van der Waals surface area contributed by atoms with E-state index in [4.69, 9.17) is 7.48 Å². The van der Waals surface area contributed by atoms with Crippen LogP contribution >= 0.6 is 11.3 Å². The molecule has 3 heterocycles. The van der Waals surface area contributed by atoms with E-state index in [0.29, 0.717) is 17.8 Å². The summed E-state index contributed by atoms with van der Waals surface area (Å²) in [6.45, 7) is -0.258. The Kier molecular flexibility index (Phi) is 4.22. The number of hydrogen-bond acceptors (Lipinski definition) is 5. The highest BCUT2D eigenvalue weighted by Crippen LogP contribution is 2.28. The van der Waals surface area contributed by atoms with Gasteiger partial charge in [0.1, 0.15) is 10.7 Å². The summed E-state index contributed by atoms with van der Waals surface area (Å²) in [6.07, 6.45) is -1.72. The molecule has 24 heavy (non-hydrogen) atoms. The molecule has 1 aliphatic rings. The van der Waals surface area contributed by atoms with Crippen LogP contribution in [-0.2, 0) is 17.9 Å². The van der Waals surface area contributed by atoms with Crippen molar-refractivity contribution in [2.24, 2.45) is 0 Å². The molecule has 1 unspecified atom stereocenters. The second-order valence-corrected chi connectivity index (χ2v) is 6.41. The Morgan fingerprint density at radius 3 is 3.04 bits per heavy atom. The van der Waals surface area contributed by atoms with E-state index in [1.807, 2.05) is 6.92 Å². The molecule has 0 spiro atoms. The summed E-state index contributed by atoms with van der Waals surface area (Å²) < 4.78 is 49.6. The Morgan fingerprint density at radius 2 is 2.38 bits per heavy atom. The average molecular weight is 361 g/mol. The number of carbonyl (C=O) groups excluding carboxylic acids is 1. The molecule has 1 saturated heterocycles. The minimum absolute atomic E-state index is 0.00442. The zero-order chi connectivity index (χ0) is 19.1. The lowest BCUT2D eigenvalue weighted by atomic mass is 10.2. The number of imidazole rings is 1. The van der Waals surface area contributed by atoms with Crippen molar-refractivity contribution < 1.29 is 21.1 Å². The number of hydrogen-bond donors (Lipinski definition) is 1. The van der Waals surface area contributed by atoms with Gasteiger partial charge in [0.05, 0.1) is 21.6 Å². The monoisotopic (exact) mass is 361 g/mol. The summed E-state index contributed by atoms with van der Waals surface area (Å²) in [6, 6.07) is -1.33. The Bertz CT molecular complexity index is 813. The van der Waals surface area contributed by atoms with Crippen LogP contribution in [0.4, 0.5) is 13.6 Å². The molecular weight excluding hydrogens is 340 g/mol. The molecule has 1 aliphatic heterocycles. The standard InChI is InChI=1S/C14H19F2N5O2S/c1-3-4-8-5-20(13(22)17-8)6-9-11(12(15)16)18-14-21(9)19-10(24-14)7-23-2/h8,12H,3-7H2,1-2H3,(H,17,22)/i5D2. The zero-order valence-electron chi connectivity index (χ0n) is 15.3. The number of aromatic nitrogens is 3. The SMILES string of the molecule is [2H]C1([2H])C(CCC)NC(=O)N1Cc1c(C(F)F)nc2sc(COC)nn12. The lowest BCUT2D eigenvalue weighted by molar-refractivity contribution is 0.143. The van der Waals surface area contributed by atoms with Crippen molar-refractivity contribution in [3.8, 4) is 0 Å². The van der Waals surface area contributed by atoms with E-state index >= 15 is 0 Å². The maximum Gasteiger partial charge on any atom is 0.318 e. The Balaban J connectivity index is 1.98. The third-order valence-corrected chi connectivity index (χ3v) is 4.47. The van der Waals surface area contributed by atoms with Gasteiger partial charge in [-0.05, 0) is 6.42 Å². The number of ether oxygens (including phenoxy) is 1. The highest BCUT2D eigenvalue weighted by Gasteiger charge is 2.31. The minimum atomic E-state index is -2.85. The molecule has 0 aliphatic carbocycles. The third-order valence-electron chi connectivity index (χ3n) is 3.58. The van der Waals surface area contributed by atoms with Gasteiger partial charge >= 0.3 is 6.03 Å². The number of rotatable bonds is 7. The van der Waals surface area contributed by atoms with Gasteiger partial charge in [-0.1, -0.05) is 24.7 Å². The highest BCUT2D eigenvalue weighted by molar-refractivity contribution is 7.16. The van der Waals surface area contributed by atoms with Gasteiger partial charge in [-0.3, -0.25) is 0 Å². The quantitative estimate of drug-likeness (QED) is 0.823. The topological polar surface area (TPSA) is 71.8 Å². The van der Waals surface area contributed by atoms with E-state index in [9.17, 15) is 13.6 Å². The summed E-state index contributed by atoms with van der Waals surface area (Å²) >= 11 is 1.11. The fraction of sp³-hybridized carbons (Fsp3) is 0.643. The molecule has 0 saturated carbocycles. The molecule has 1 fully saturated rings. The fourth-order valence-corrected chi connectivity index (χ4v) is 3.44. The molecule has 3 rings (SSSR count). The van der Waals surface area contributed by atoms with Gasteiger partial charge in [-0.2, -0.15) is 5.10 Å². The first-order chi connectivity index (χ1) is 12.3. The number of urea groups is 1. The molecule has 2 amide bonds. The number of carbonyl (C=O) groups is 1. The van der Waals surface area contributed by atoms with Gasteiger partial charge < -0.3 is 15.0 Å². The summed E-state index contributed by atoms with van der Waals surface area (Å²) in [4.78, 5) is 17.3. The number of nitrogens with one attached hydrogen (secondary N) is 1. The lowest BCUT2D eigenvalue weighted by Gasteiger charge is -2.14. The molecule has 0 bridgehead atoms. The molecular formula is C14H19F2N5O2S. The van der Waals surface area contributed by atoms with Crippen LogP contribution in [0.3, 0.4) is 0 Å². The zero-order valence-corrected chi connectivity index (χ0v) is 14.1. The molecule has 0 radical (unpaired) electrons. The van der Waals surface area contributed by atoms with E-state index in [2.05, 4.69) is 15.4 Å². The van der Waals surface area contributed by atoms with Gasteiger partial charge in [0.15, 0.2) is 0 Å². The van der Waals surface area contributed by atoms with Gasteiger partial charge in [0.2, 0.25) is 4.96 Å². The average Bonchev–Trinajstić information content (AvgIpc) is 3.15. The van der Waals surface area contributed by atoms with Gasteiger partial charge in [0.25, 0.3) is 6.43 Å². The van der Waals surface area contributed by atoms with Crippen LogP contribution in [0.2, 0.25) is 0 Å². The first kappa shape index (κ1) is 14.5. The van der Waals surface area contributed by atoms with Crippen LogP contribution in [0.15, 0.2) is 0 Å². The summed E-state index contributed by atoms with van der Waals surface area (Å²) in [5.74, 6) is 0. The number of halogens is 2. The molecule has 10 heteroatoms. The molecule has 7 nitrogen and oxygen atoms in total. The maximum absolute atomic E-state index is 13.4. The molecule has 2 aromatic heterocycles. The van der Waals surface area contributed by atoms with E-state index in [-0.39, 0.29) is 23.8 Å². The predicted molar refractivity (Wildman–Crippen MR) is 84.2 cm³/mol. The van der Waals surface area contributed by atoms with E-state index < -0.39 is 30.7 Å². The summed E-state index contributed by atoms with van der Waals surface area (Å²) in [5.41, 5.74) is -0.486. The van der Waals surface area contributed by atoms with Gasteiger partial charge in [-0.15, -0.1) is 0 Å². The number of amides is 2. The van der Waals surface area contributed by atoms with Crippen molar-refractivity contribution in [2.75, 3.05) is 13.6 Å². The van der Waals surface area contributed by atoms with Crippen LogP contribution < -0.4 is 5.32 Å². The van der Waals surface area contributed by atoms with E-state index in [0.717, 1.165) is 16.2 Å². The summed E-state index contributed by atoms with van der Waals surface area (Å²) in [5, 5.41) is 7.35. The molecule has 1 atom stereocenters. The van der Waals surface area contributed by atoms with Crippen molar-refractivity contribution in [1.82, 2.24) is 24.8 Å². The number of methoxy groups -OCH3 is 1. The number of fused-ring (bicyclic) bond motifs is 1. The smallest absolute Gasteiger partial charge is 0.318 e. The molecule has 1 N–H and O–H groups in total. The molecule has 2 aromatic rings. The number of nitrogens with zero attached hydrogens (tertiary/aromatic N) is 4. The van der Waals surface area contributed by atoms with Crippen molar-refractivity contribution in [3.63, 3.8) is 0 Å². The van der Waals surface area contributed by atoms with Crippen molar-refractivity contribution in [1.29, 1.82) is 0 Å². The highest BCUT2D eigenvalue weighted by atomic mass is 32.1. The molecule has 0 aromatic carbocycles.